The topological polar surface area (TPSA) is 74.2 Å². The zero-order valence-corrected chi connectivity index (χ0v) is 21.5. The van der Waals surface area contributed by atoms with Crippen molar-refractivity contribution in [3.63, 3.8) is 0 Å². The van der Waals surface area contributed by atoms with Crippen molar-refractivity contribution < 1.29 is 17.5 Å². The van der Waals surface area contributed by atoms with Crippen molar-refractivity contribution in [2.45, 2.75) is 11.8 Å². The highest BCUT2D eigenvalue weighted by molar-refractivity contribution is 14.0. The van der Waals surface area contributed by atoms with Gasteiger partial charge in [0.05, 0.1) is 19.4 Å². The number of methoxy groups -OCH3 is 1. The fourth-order valence-corrected chi connectivity index (χ4v) is 4.68. The van der Waals surface area contributed by atoms with Gasteiger partial charge in [-0.1, -0.05) is 12.1 Å². The van der Waals surface area contributed by atoms with Crippen molar-refractivity contribution in [2.24, 2.45) is 4.99 Å². The molecule has 0 radical (unpaired) electrons. The van der Waals surface area contributed by atoms with E-state index >= 15 is 0 Å². The molecule has 1 N–H and O–H groups in total. The monoisotopic (exact) mass is 576 g/mol. The highest BCUT2D eigenvalue weighted by Crippen LogP contribution is 2.20. The van der Waals surface area contributed by atoms with Gasteiger partial charge in [0.15, 0.2) is 15.8 Å². The summed E-state index contributed by atoms with van der Waals surface area (Å²) in [6.45, 7) is 5.89. The summed E-state index contributed by atoms with van der Waals surface area (Å²) in [5, 5.41) is 3.23. The fourth-order valence-electron chi connectivity index (χ4n) is 3.47. The molecule has 176 valence electrons. The first-order chi connectivity index (χ1) is 14.9. The van der Waals surface area contributed by atoms with Gasteiger partial charge in [0.1, 0.15) is 16.5 Å². The average molecular weight is 576 g/mol. The van der Waals surface area contributed by atoms with E-state index in [9.17, 15) is 12.8 Å². The van der Waals surface area contributed by atoms with Crippen LogP contribution in [-0.4, -0.2) is 71.4 Å². The molecule has 1 aliphatic rings. The second kappa shape index (κ2) is 12.2. The van der Waals surface area contributed by atoms with Gasteiger partial charge >= 0.3 is 0 Å². The van der Waals surface area contributed by atoms with Crippen LogP contribution in [0.2, 0.25) is 0 Å². The number of aliphatic imine (C=N–C) groups is 1. The Hall–Kier alpha value is -2.08. The first kappa shape index (κ1) is 26.2. The molecule has 32 heavy (non-hydrogen) atoms. The van der Waals surface area contributed by atoms with E-state index in [2.05, 4.69) is 20.1 Å². The molecule has 0 atom stereocenters. The third-order valence-electron chi connectivity index (χ3n) is 5.14. The molecule has 1 fully saturated rings. The van der Waals surface area contributed by atoms with Crippen LogP contribution in [0.3, 0.4) is 0 Å². The summed E-state index contributed by atoms with van der Waals surface area (Å²) in [6.07, 6.45) is 0. The maximum absolute atomic E-state index is 13.9. The molecule has 0 aromatic heterocycles. The lowest BCUT2D eigenvalue weighted by Crippen LogP contribution is -2.52. The molecular formula is C22H30FIN4O3S. The van der Waals surface area contributed by atoms with Crippen LogP contribution in [0.4, 0.5) is 10.1 Å². The van der Waals surface area contributed by atoms with Crippen LogP contribution in [0.15, 0.2) is 58.4 Å². The first-order valence-corrected chi connectivity index (χ1v) is 12.0. The fraction of sp³-hybridized carbons (Fsp3) is 0.409. The van der Waals surface area contributed by atoms with E-state index < -0.39 is 15.7 Å². The number of hydrogen-bond donors (Lipinski definition) is 1. The molecule has 1 saturated heterocycles. The van der Waals surface area contributed by atoms with Crippen molar-refractivity contribution in [2.75, 3.05) is 57.0 Å². The number of nitrogens with zero attached hydrogens (tertiary/aromatic N) is 3. The van der Waals surface area contributed by atoms with E-state index in [0.29, 0.717) is 12.5 Å². The van der Waals surface area contributed by atoms with Gasteiger partial charge in [-0.05, 0) is 43.3 Å². The largest absolute Gasteiger partial charge is 0.497 e. The molecule has 0 unspecified atom stereocenters. The molecule has 3 rings (SSSR count). The van der Waals surface area contributed by atoms with Crippen LogP contribution in [0.25, 0.3) is 0 Å². The minimum atomic E-state index is -3.73. The second-order valence-electron chi connectivity index (χ2n) is 7.16. The van der Waals surface area contributed by atoms with E-state index in [1.165, 1.54) is 18.2 Å². The van der Waals surface area contributed by atoms with Crippen LogP contribution in [-0.2, 0) is 9.84 Å². The SMILES string of the molecule is CCNC(=NCCS(=O)(=O)c1ccccc1F)N1CCN(c2ccc(OC)cc2)CC1.I. The van der Waals surface area contributed by atoms with Gasteiger partial charge in [0, 0.05) is 38.4 Å². The van der Waals surface area contributed by atoms with Crippen LogP contribution < -0.4 is 15.0 Å². The van der Waals surface area contributed by atoms with Crippen molar-refractivity contribution >= 4 is 45.5 Å². The third-order valence-corrected chi connectivity index (χ3v) is 6.87. The molecule has 0 aliphatic carbocycles. The van der Waals surface area contributed by atoms with Gasteiger partial charge in [0.25, 0.3) is 0 Å². The van der Waals surface area contributed by atoms with Gasteiger partial charge in [-0.25, -0.2) is 12.8 Å². The second-order valence-corrected chi connectivity index (χ2v) is 9.23. The smallest absolute Gasteiger partial charge is 0.194 e. The predicted molar refractivity (Wildman–Crippen MR) is 137 cm³/mol. The van der Waals surface area contributed by atoms with E-state index in [0.717, 1.165) is 43.7 Å². The van der Waals surface area contributed by atoms with E-state index in [-0.39, 0.29) is 41.2 Å². The number of guanidine groups is 1. The van der Waals surface area contributed by atoms with Crippen LogP contribution in [0.5, 0.6) is 5.75 Å². The van der Waals surface area contributed by atoms with E-state index in [4.69, 9.17) is 4.74 Å². The molecule has 0 saturated carbocycles. The maximum atomic E-state index is 13.9. The zero-order valence-electron chi connectivity index (χ0n) is 18.3. The lowest BCUT2D eigenvalue weighted by Gasteiger charge is -2.37. The molecule has 0 amide bonds. The number of nitrogens with one attached hydrogen (secondary N) is 1. The van der Waals surface area contributed by atoms with Crippen molar-refractivity contribution in [1.82, 2.24) is 10.2 Å². The summed E-state index contributed by atoms with van der Waals surface area (Å²) in [7, 11) is -2.08. The molecule has 1 heterocycles. The maximum Gasteiger partial charge on any atom is 0.194 e. The molecule has 7 nitrogen and oxygen atoms in total. The van der Waals surface area contributed by atoms with Gasteiger partial charge in [0.2, 0.25) is 0 Å². The Morgan fingerprint density at radius 3 is 2.34 bits per heavy atom. The number of halogens is 2. The van der Waals surface area contributed by atoms with Crippen molar-refractivity contribution in [3.8, 4) is 5.75 Å². The zero-order chi connectivity index (χ0) is 22.3. The summed E-state index contributed by atoms with van der Waals surface area (Å²) in [4.78, 5) is 8.64. The Balaban J connectivity index is 0.00000363. The van der Waals surface area contributed by atoms with Crippen molar-refractivity contribution in [3.05, 3.63) is 54.3 Å². The Bertz CT molecular complexity index is 994. The van der Waals surface area contributed by atoms with Crippen LogP contribution >= 0.6 is 24.0 Å². The summed E-state index contributed by atoms with van der Waals surface area (Å²) < 4.78 is 44.0. The lowest BCUT2D eigenvalue weighted by molar-refractivity contribution is 0.372. The Kier molecular flexibility index (Phi) is 10.0. The number of hydrogen-bond acceptors (Lipinski definition) is 5. The standard InChI is InChI=1S/C22H29FN4O3S.HI/c1-3-24-22(25-12-17-31(28,29)21-7-5-4-6-20(21)23)27-15-13-26(14-16-27)18-8-10-19(30-2)11-9-18;/h4-11H,3,12-17H2,1-2H3,(H,24,25);1H. The highest BCUT2D eigenvalue weighted by Gasteiger charge is 2.21. The number of rotatable bonds is 7. The molecule has 0 bridgehead atoms. The molecule has 2 aromatic rings. The van der Waals surface area contributed by atoms with E-state index in [1.807, 2.05) is 31.2 Å². The molecule has 0 spiro atoms. The van der Waals surface area contributed by atoms with Crippen LogP contribution in [0, 0.1) is 5.82 Å². The van der Waals surface area contributed by atoms with Gasteiger partial charge in [-0.15, -0.1) is 24.0 Å². The average Bonchev–Trinajstić information content (AvgIpc) is 2.79. The summed E-state index contributed by atoms with van der Waals surface area (Å²) in [5.41, 5.74) is 1.14. The van der Waals surface area contributed by atoms with Crippen molar-refractivity contribution in [1.29, 1.82) is 0 Å². The predicted octanol–water partition coefficient (Wildman–Crippen LogP) is 3.01. The van der Waals surface area contributed by atoms with Gasteiger partial charge in [-0.2, -0.15) is 0 Å². The summed E-state index contributed by atoms with van der Waals surface area (Å²) >= 11 is 0. The summed E-state index contributed by atoms with van der Waals surface area (Å²) in [6, 6.07) is 13.4. The Labute approximate surface area is 206 Å². The van der Waals surface area contributed by atoms with E-state index in [1.54, 1.807) is 7.11 Å². The minimum absolute atomic E-state index is 0. The van der Waals surface area contributed by atoms with Crippen LogP contribution in [0.1, 0.15) is 6.92 Å². The number of benzene rings is 2. The number of anilines is 1. The van der Waals surface area contributed by atoms with Gasteiger partial charge < -0.3 is 19.9 Å². The molecule has 10 heteroatoms. The quantitative estimate of drug-likeness (QED) is 0.311. The molecular weight excluding hydrogens is 546 g/mol. The molecule has 2 aromatic carbocycles. The first-order valence-electron chi connectivity index (χ1n) is 10.3. The summed E-state index contributed by atoms with van der Waals surface area (Å²) in [5.74, 6) is 0.539. The lowest BCUT2D eigenvalue weighted by atomic mass is 10.2. The normalized spacial score (nSPS) is 14.7. The molecule has 1 aliphatic heterocycles. The minimum Gasteiger partial charge on any atom is -0.497 e. The number of sulfone groups is 1. The Morgan fingerprint density at radius 1 is 1.09 bits per heavy atom. The Morgan fingerprint density at radius 2 is 1.75 bits per heavy atom. The number of piperazine rings is 1. The number of ether oxygens (including phenoxy) is 1. The third kappa shape index (κ3) is 6.71. The highest BCUT2D eigenvalue weighted by atomic mass is 127. The van der Waals surface area contributed by atoms with Gasteiger partial charge in [-0.3, -0.25) is 4.99 Å².